The lowest BCUT2D eigenvalue weighted by Gasteiger charge is -2.33. The summed E-state index contributed by atoms with van der Waals surface area (Å²) in [5.74, 6) is 1.20. The van der Waals surface area contributed by atoms with Gasteiger partial charge >= 0.3 is 5.76 Å². The van der Waals surface area contributed by atoms with E-state index in [4.69, 9.17) is 4.42 Å². The molecule has 0 amide bonds. The number of benzene rings is 1. The molecule has 0 bridgehead atoms. The van der Waals surface area contributed by atoms with E-state index in [1.54, 1.807) is 0 Å². The number of anilines is 1. The fraction of sp³-hybridized carbons (Fsp3) is 0.533. The first kappa shape index (κ1) is 12.3. The van der Waals surface area contributed by atoms with Crippen molar-refractivity contribution in [3.8, 4) is 0 Å². The highest BCUT2D eigenvalue weighted by atomic mass is 16.4. The van der Waals surface area contributed by atoms with Crippen molar-refractivity contribution in [1.29, 1.82) is 0 Å². The van der Waals surface area contributed by atoms with Crippen LogP contribution in [0.2, 0.25) is 0 Å². The normalized spacial score (nSPS) is 27.6. The van der Waals surface area contributed by atoms with Crippen molar-refractivity contribution in [2.45, 2.75) is 39.2 Å². The Bertz CT molecular complexity index is 628. The molecule has 1 saturated carbocycles. The topological polar surface area (TPSA) is 58.0 Å². The van der Waals surface area contributed by atoms with Gasteiger partial charge in [0.25, 0.3) is 0 Å². The molecule has 1 aliphatic rings. The average Bonchev–Trinajstić information content (AvgIpc) is 2.73. The Morgan fingerprint density at radius 1 is 1.26 bits per heavy atom. The van der Waals surface area contributed by atoms with Gasteiger partial charge in [0.1, 0.15) is 0 Å². The smallest absolute Gasteiger partial charge is 0.408 e. The second-order valence-electron chi connectivity index (χ2n) is 5.83. The first-order valence-electron chi connectivity index (χ1n) is 7.01. The van der Waals surface area contributed by atoms with E-state index in [9.17, 15) is 4.79 Å². The Labute approximate surface area is 112 Å². The standard InChI is InChI=1S/C15H20N2O2/c1-9-3-4-11(7-10(9)2)16-12-5-6-14-13(8-12)17-15(18)19-14/h5-6,8-11,16H,3-4,7H2,1-2H3,(H,17,18). The van der Waals surface area contributed by atoms with Crippen molar-refractivity contribution in [2.75, 3.05) is 5.32 Å². The number of rotatable bonds is 2. The molecule has 3 unspecified atom stereocenters. The summed E-state index contributed by atoms with van der Waals surface area (Å²) in [6.45, 7) is 4.67. The maximum absolute atomic E-state index is 11.1. The Hall–Kier alpha value is -1.71. The summed E-state index contributed by atoms with van der Waals surface area (Å²) in [6, 6.07) is 6.29. The molecule has 102 valence electrons. The van der Waals surface area contributed by atoms with E-state index in [1.807, 2.05) is 18.2 Å². The van der Waals surface area contributed by atoms with Gasteiger partial charge in [-0.15, -0.1) is 0 Å². The molecule has 2 aromatic rings. The van der Waals surface area contributed by atoms with Crippen LogP contribution in [0.1, 0.15) is 33.1 Å². The van der Waals surface area contributed by atoms with Crippen LogP contribution in [0.25, 0.3) is 11.1 Å². The summed E-state index contributed by atoms with van der Waals surface area (Å²) in [5, 5.41) is 3.57. The molecule has 1 fully saturated rings. The minimum atomic E-state index is -0.396. The molecule has 1 aromatic carbocycles. The molecule has 1 aliphatic carbocycles. The van der Waals surface area contributed by atoms with E-state index in [1.165, 1.54) is 19.3 Å². The molecule has 3 atom stereocenters. The quantitative estimate of drug-likeness (QED) is 0.870. The monoisotopic (exact) mass is 260 g/mol. The lowest BCUT2D eigenvalue weighted by Crippen LogP contribution is -2.30. The molecule has 0 saturated heterocycles. The van der Waals surface area contributed by atoms with Crippen LogP contribution in [0.4, 0.5) is 5.69 Å². The summed E-state index contributed by atoms with van der Waals surface area (Å²) in [7, 11) is 0. The molecular formula is C15H20N2O2. The number of H-pyrrole nitrogens is 1. The SMILES string of the molecule is CC1CCC(Nc2ccc3oc(=O)[nH]c3c2)CC1C. The lowest BCUT2D eigenvalue weighted by atomic mass is 9.79. The maximum Gasteiger partial charge on any atom is 0.417 e. The fourth-order valence-electron chi connectivity index (χ4n) is 2.96. The van der Waals surface area contributed by atoms with Gasteiger partial charge in [-0.05, 0) is 49.3 Å². The van der Waals surface area contributed by atoms with Crippen LogP contribution in [0.15, 0.2) is 27.4 Å². The Kier molecular flexibility index (Phi) is 3.09. The van der Waals surface area contributed by atoms with E-state index in [0.29, 0.717) is 11.6 Å². The predicted molar refractivity (Wildman–Crippen MR) is 76.4 cm³/mol. The molecule has 19 heavy (non-hydrogen) atoms. The number of hydrogen-bond donors (Lipinski definition) is 2. The third-order valence-corrected chi connectivity index (χ3v) is 4.39. The summed E-state index contributed by atoms with van der Waals surface area (Å²) < 4.78 is 5.01. The molecule has 2 N–H and O–H groups in total. The Balaban J connectivity index is 1.76. The first-order valence-corrected chi connectivity index (χ1v) is 7.01. The van der Waals surface area contributed by atoms with Gasteiger partial charge in [-0.2, -0.15) is 0 Å². The summed E-state index contributed by atoms with van der Waals surface area (Å²) in [6.07, 6.45) is 3.70. The van der Waals surface area contributed by atoms with Crippen molar-refractivity contribution in [3.63, 3.8) is 0 Å². The predicted octanol–water partition coefficient (Wildman–Crippen LogP) is 3.36. The second-order valence-corrected chi connectivity index (χ2v) is 5.83. The van der Waals surface area contributed by atoms with E-state index in [0.717, 1.165) is 23.0 Å². The van der Waals surface area contributed by atoms with Crippen LogP contribution in [-0.4, -0.2) is 11.0 Å². The maximum atomic E-state index is 11.1. The molecule has 3 rings (SSSR count). The van der Waals surface area contributed by atoms with Gasteiger partial charge < -0.3 is 9.73 Å². The van der Waals surface area contributed by atoms with Gasteiger partial charge in [0.2, 0.25) is 0 Å². The fourth-order valence-corrected chi connectivity index (χ4v) is 2.96. The van der Waals surface area contributed by atoms with E-state index >= 15 is 0 Å². The molecule has 4 nitrogen and oxygen atoms in total. The van der Waals surface area contributed by atoms with Crippen LogP contribution in [0.5, 0.6) is 0 Å². The molecule has 0 spiro atoms. The highest BCUT2D eigenvalue weighted by molar-refractivity contribution is 5.76. The zero-order valence-electron chi connectivity index (χ0n) is 11.4. The molecular weight excluding hydrogens is 240 g/mol. The van der Waals surface area contributed by atoms with Crippen molar-refractivity contribution >= 4 is 16.8 Å². The zero-order chi connectivity index (χ0) is 13.4. The third kappa shape index (κ3) is 2.53. The van der Waals surface area contributed by atoms with Crippen molar-refractivity contribution in [1.82, 2.24) is 4.98 Å². The van der Waals surface area contributed by atoms with Crippen molar-refractivity contribution < 1.29 is 4.42 Å². The van der Waals surface area contributed by atoms with Crippen molar-refractivity contribution in [3.05, 3.63) is 28.7 Å². The van der Waals surface area contributed by atoms with Crippen LogP contribution < -0.4 is 11.1 Å². The lowest BCUT2D eigenvalue weighted by molar-refractivity contribution is 0.261. The molecule has 0 radical (unpaired) electrons. The number of fused-ring (bicyclic) bond motifs is 1. The Morgan fingerprint density at radius 2 is 2.11 bits per heavy atom. The second kappa shape index (κ2) is 4.76. The number of aromatic amines is 1. The molecule has 1 heterocycles. The molecule has 0 aliphatic heterocycles. The molecule has 1 aromatic heterocycles. The summed E-state index contributed by atoms with van der Waals surface area (Å²) in [4.78, 5) is 13.8. The minimum absolute atomic E-state index is 0.396. The van der Waals surface area contributed by atoms with Gasteiger partial charge in [-0.1, -0.05) is 13.8 Å². The number of hydrogen-bond acceptors (Lipinski definition) is 3. The molecule has 4 heteroatoms. The van der Waals surface area contributed by atoms with E-state index < -0.39 is 5.76 Å². The summed E-state index contributed by atoms with van der Waals surface area (Å²) >= 11 is 0. The summed E-state index contributed by atoms with van der Waals surface area (Å²) in [5.41, 5.74) is 2.42. The Morgan fingerprint density at radius 3 is 2.89 bits per heavy atom. The average molecular weight is 260 g/mol. The van der Waals surface area contributed by atoms with Gasteiger partial charge in [0.05, 0.1) is 5.52 Å². The third-order valence-electron chi connectivity index (χ3n) is 4.39. The van der Waals surface area contributed by atoms with E-state index in [-0.39, 0.29) is 0 Å². The van der Waals surface area contributed by atoms with Crippen LogP contribution in [0, 0.1) is 11.8 Å². The van der Waals surface area contributed by atoms with Gasteiger partial charge in [0.15, 0.2) is 5.58 Å². The van der Waals surface area contributed by atoms with Gasteiger partial charge in [0, 0.05) is 11.7 Å². The first-order chi connectivity index (χ1) is 9.11. The number of aromatic nitrogens is 1. The minimum Gasteiger partial charge on any atom is -0.408 e. The van der Waals surface area contributed by atoms with Crippen LogP contribution in [-0.2, 0) is 0 Å². The van der Waals surface area contributed by atoms with E-state index in [2.05, 4.69) is 24.1 Å². The number of oxazole rings is 1. The van der Waals surface area contributed by atoms with Crippen LogP contribution in [0.3, 0.4) is 0 Å². The van der Waals surface area contributed by atoms with Crippen molar-refractivity contribution in [2.24, 2.45) is 11.8 Å². The zero-order valence-corrected chi connectivity index (χ0v) is 11.4. The number of nitrogens with one attached hydrogen (secondary N) is 2. The van der Waals surface area contributed by atoms with Gasteiger partial charge in [-0.25, -0.2) is 4.79 Å². The van der Waals surface area contributed by atoms with Gasteiger partial charge in [-0.3, -0.25) is 4.98 Å². The van der Waals surface area contributed by atoms with Crippen LogP contribution >= 0.6 is 0 Å². The largest absolute Gasteiger partial charge is 0.417 e. The highest BCUT2D eigenvalue weighted by Gasteiger charge is 2.24. The highest BCUT2D eigenvalue weighted by Crippen LogP contribution is 2.31.